The fourth-order valence-electron chi connectivity index (χ4n) is 3.90. The van der Waals surface area contributed by atoms with Crippen molar-refractivity contribution in [2.75, 3.05) is 31.6 Å². The Morgan fingerprint density at radius 2 is 1.90 bits per heavy atom. The lowest BCUT2D eigenvalue weighted by Crippen LogP contribution is -2.35. The third-order valence-electron chi connectivity index (χ3n) is 5.65. The predicted octanol–water partition coefficient (Wildman–Crippen LogP) is 3.99. The topological polar surface area (TPSA) is 72.3 Å². The lowest BCUT2D eigenvalue weighted by Gasteiger charge is -2.26. The lowest BCUT2D eigenvalue weighted by atomic mass is 10.1. The normalized spacial score (nSPS) is 16.9. The van der Waals surface area contributed by atoms with Crippen molar-refractivity contribution >= 4 is 27.5 Å². The molecule has 160 valence electrons. The molecule has 1 N–H and O–H groups in total. The van der Waals surface area contributed by atoms with E-state index in [1.807, 2.05) is 42.5 Å². The fourth-order valence-corrected chi connectivity index (χ4v) is 4.17. The second-order valence-electron chi connectivity index (χ2n) is 8.03. The maximum Gasteiger partial charge on any atom is 0.278 e. The second kappa shape index (κ2) is 8.90. The molecule has 2 aliphatic rings. The van der Waals surface area contributed by atoms with E-state index in [1.165, 1.54) is 5.56 Å². The number of rotatable bonds is 6. The van der Waals surface area contributed by atoms with Crippen molar-refractivity contribution in [3.63, 3.8) is 0 Å². The maximum absolute atomic E-state index is 13.1. The Morgan fingerprint density at radius 1 is 1.13 bits per heavy atom. The molecule has 7 nitrogen and oxygen atoms in total. The highest BCUT2D eigenvalue weighted by atomic mass is 79.9. The number of hydrogen-bond donors (Lipinski definition) is 1. The minimum absolute atomic E-state index is 0.214. The summed E-state index contributed by atoms with van der Waals surface area (Å²) >= 11 is 3.46. The minimum atomic E-state index is -0.214. The molecule has 0 unspecified atom stereocenters. The number of carbonyl (C=O) groups is 1. The molecule has 31 heavy (non-hydrogen) atoms. The Balaban J connectivity index is 1.35. The Kier molecular flexibility index (Phi) is 5.85. The first-order chi connectivity index (χ1) is 15.2. The SMILES string of the molecule is O=C(Nc1cccc(CN2CCOCC2)c1)c1nnn(-c2ccc(Br)cc2)c1C1CC1. The Bertz CT molecular complexity index is 1070. The number of ether oxygens (including phenoxy) is 1. The summed E-state index contributed by atoms with van der Waals surface area (Å²) in [5.74, 6) is 0.112. The first-order valence-corrected chi connectivity index (χ1v) is 11.4. The summed E-state index contributed by atoms with van der Waals surface area (Å²) in [5, 5.41) is 11.6. The summed E-state index contributed by atoms with van der Waals surface area (Å²) in [6.45, 7) is 4.25. The van der Waals surface area contributed by atoms with E-state index in [0.29, 0.717) is 11.6 Å². The van der Waals surface area contributed by atoms with E-state index in [2.05, 4.69) is 42.5 Å². The molecule has 2 fully saturated rings. The van der Waals surface area contributed by atoms with E-state index in [9.17, 15) is 4.79 Å². The van der Waals surface area contributed by atoms with Gasteiger partial charge in [0.05, 0.1) is 24.6 Å². The van der Waals surface area contributed by atoms with Crippen LogP contribution >= 0.6 is 15.9 Å². The van der Waals surface area contributed by atoms with Gasteiger partial charge in [-0.15, -0.1) is 5.10 Å². The molecule has 5 rings (SSSR count). The molecule has 1 amide bonds. The highest BCUT2D eigenvalue weighted by molar-refractivity contribution is 9.10. The van der Waals surface area contributed by atoms with Crippen molar-refractivity contribution in [2.24, 2.45) is 0 Å². The zero-order valence-electron chi connectivity index (χ0n) is 17.1. The Labute approximate surface area is 189 Å². The molecule has 1 saturated carbocycles. The summed E-state index contributed by atoms with van der Waals surface area (Å²) < 4.78 is 8.22. The van der Waals surface area contributed by atoms with Crippen molar-refractivity contribution in [1.29, 1.82) is 0 Å². The van der Waals surface area contributed by atoms with Crippen molar-refractivity contribution in [2.45, 2.75) is 25.3 Å². The predicted molar refractivity (Wildman–Crippen MR) is 122 cm³/mol. The van der Waals surface area contributed by atoms with E-state index in [4.69, 9.17) is 4.74 Å². The number of amides is 1. The highest BCUT2D eigenvalue weighted by Crippen LogP contribution is 2.42. The molecule has 2 heterocycles. The average Bonchev–Trinajstić information content (AvgIpc) is 3.53. The van der Waals surface area contributed by atoms with Gasteiger partial charge in [0, 0.05) is 35.7 Å². The van der Waals surface area contributed by atoms with Gasteiger partial charge < -0.3 is 10.1 Å². The van der Waals surface area contributed by atoms with Gasteiger partial charge in [0.2, 0.25) is 0 Å². The fraction of sp³-hybridized carbons (Fsp3) is 0.348. The van der Waals surface area contributed by atoms with Crippen LogP contribution in [0, 0.1) is 0 Å². The van der Waals surface area contributed by atoms with Crippen LogP contribution in [0.25, 0.3) is 5.69 Å². The first kappa shape index (κ1) is 20.4. The highest BCUT2D eigenvalue weighted by Gasteiger charge is 2.34. The molecule has 3 aromatic rings. The van der Waals surface area contributed by atoms with Crippen LogP contribution < -0.4 is 5.32 Å². The quantitative estimate of drug-likeness (QED) is 0.576. The smallest absolute Gasteiger partial charge is 0.278 e. The zero-order chi connectivity index (χ0) is 21.2. The third-order valence-corrected chi connectivity index (χ3v) is 6.18. The molecule has 1 aliphatic heterocycles. The number of anilines is 1. The van der Waals surface area contributed by atoms with Gasteiger partial charge in [-0.2, -0.15) is 0 Å². The Hall–Kier alpha value is -2.55. The van der Waals surface area contributed by atoms with Crippen molar-refractivity contribution in [3.05, 3.63) is 70.0 Å². The number of nitrogens with zero attached hydrogens (tertiary/aromatic N) is 4. The molecule has 0 bridgehead atoms. The maximum atomic E-state index is 13.1. The number of nitrogens with one attached hydrogen (secondary N) is 1. The van der Waals surface area contributed by atoms with E-state index in [-0.39, 0.29) is 5.91 Å². The molecular weight excluding hydrogens is 458 g/mol. The summed E-state index contributed by atoms with van der Waals surface area (Å²) in [5.41, 5.74) is 4.15. The molecule has 1 saturated heterocycles. The number of carbonyl (C=O) groups excluding carboxylic acids is 1. The van der Waals surface area contributed by atoms with E-state index in [1.54, 1.807) is 4.68 Å². The van der Waals surface area contributed by atoms with Gasteiger partial charge in [-0.25, -0.2) is 4.68 Å². The lowest BCUT2D eigenvalue weighted by molar-refractivity contribution is 0.0342. The van der Waals surface area contributed by atoms with Crippen LogP contribution in [0.3, 0.4) is 0 Å². The Morgan fingerprint density at radius 3 is 2.65 bits per heavy atom. The van der Waals surface area contributed by atoms with Gasteiger partial charge in [0.25, 0.3) is 5.91 Å². The van der Waals surface area contributed by atoms with E-state index < -0.39 is 0 Å². The number of halogens is 1. The van der Waals surface area contributed by atoms with Crippen molar-refractivity contribution in [3.8, 4) is 5.69 Å². The summed E-state index contributed by atoms with van der Waals surface area (Å²) in [6, 6.07) is 15.9. The largest absolute Gasteiger partial charge is 0.379 e. The van der Waals surface area contributed by atoms with Crippen LogP contribution in [0.15, 0.2) is 53.0 Å². The van der Waals surface area contributed by atoms with E-state index in [0.717, 1.165) is 67.2 Å². The van der Waals surface area contributed by atoms with Gasteiger partial charge in [0.1, 0.15) is 0 Å². The molecule has 2 aromatic carbocycles. The van der Waals surface area contributed by atoms with Crippen LogP contribution in [-0.2, 0) is 11.3 Å². The second-order valence-corrected chi connectivity index (χ2v) is 8.94. The average molecular weight is 482 g/mol. The van der Waals surface area contributed by atoms with Crippen LogP contribution in [-0.4, -0.2) is 52.1 Å². The van der Waals surface area contributed by atoms with Crippen molar-refractivity contribution < 1.29 is 9.53 Å². The molecule has 1 aliphatic carbocycles. The van der Waals surface area contributed by atoms with Crippen LogP contribution in [0.4, 0.5) is 5.69 Å². The van der Waals surface area contributed by atoms with Gasteiger partial charge in [-0.1, -0.05) is 33.3 Å². The molecule has 0 spiro atoms. The summed E-state index contributed by atoms with van der Waals surface area (Å²) in [4.78, 5) is 15.5. The first-order valence-electron chi connectivity index (χ1n) is 10.6. The van der Waals surface area contributed by atoms with Crippen molar-refractivity contribution in [1.82, 2.24) is 19.9 Å². The third kappa shape index (κ3) is 4.71. The van der Waals surface area contributed by atoms with Crippen LogP contribution in [0.2, 0.25) is 0 Å². The number of morpholine rings is 1. The standard InChI is InChI=1S/C23H24BrN5O2/c24-18-6-8-20(9-7-18)29-22(17-4-5-17)21(26-27-29)23(30)25-19-3-1-2-16(14-19)15-28-10-12-31-13-11-28/h1-3,6-9,14,17H,4-5,10-13,15H2,(H,25,30). The van der Waals surface area contributed by atoms with Gasteiger partial charge in [-0.3, -0.25) is 9.69 Å². The van der Waals surface area contributed by atoms with Gasteiger partial charge in [0.15, 0.2) is 5.69 Å². The van der Waals surface area contributed by atoms with Gasteiger partial charge in [-0.05, 0) is 54.8 Å². The van der Waals surface area contributed by atoms with E-state index >= 15 is 0 Å². The summed E-state index contributed by atoms with van der Waals surface area (Å²) in [6.07, 6.45) is 2.11. The van der Waals surface area contributed by atoms with Crippen LogP contribution in [0.5, 0.6) is 0 Å². The number of hydrogen-bond acceptors (Lipinski definition) is 5. The van der Waals surface area contributed by atoms with Gasteiger partial charge >= 0.3 is 0 Å². The monoisotopic (exact) mass is 481 g/mol. The number of aromatic nitrogens is 3. The van der Waals surface area contributed by atoms with Crippen LogP contribution in [0.1, 0.15) is 40.5 Å². The summed E-state index contributed by atoms with van der Waals surface area (Å²) in [7, 11) is 0. The number of benzene rings is 2. The molecule has 0 radical (unpaired) electrons. The molecule has 1 aromatic heterocycles. The zero-order valence-corrected chi connectivity index (χ0v) is 18.7. The molecule has 0 atom stereocenters. The molecular formula is C23H24BrN5O2. The minimum Gasteiger partial charge on any atom is -0.379 e. The molecule has 8 heteroatoms.